The van der Waals surface area contributed by atoms with Gasteiger partial charge in [0.2, 0.25) is 0 Å². The van der Waals surface area contributed by atoms with E-state index in [2.05, 4.69) is 5.32 Å². The minimum absolute atomic E-state index is 0.0124. The van der Waals surface area contributed by atoms with Crippen molar-refractivity contribution >= 4 is 17.3 Å². The van der Waals surface area contributed by atoms with Crippen molar-refractivity contribution in [1.82, 2.24) is 0 Å². The Morgan fingerprint density at radius 1 is 1.47 bits per heavy atom. The topological polar surface area (TPSA) is 92.5 Å². The fraction of sp³-hybridized carbons (Fsp3) is 0.462. The van der Waals surface area contributed by atoms with Crippen LogP contribution in [-0.2, 0) is 4.79 Å². The van der Waals surface area contributed by atoms with Crippen molar-refractivity contribution in [2.75, 3.05) is 5.32 Å². The Morgan fingerprint density at radius 3 is 2.79 bits per heavy atom. The third-order valence-corrected chi connectivity index (χ3v) is 3.56. The SMILES string of the molecule is Cc1cccc(N[C@H]2CC[C@@H](C(=O)O)C2)c1[N+](=O)[O-]. The van der Waals surface area contributed by atoms with Crippen LogP contribution in [0.1, 0.15) is 24.8 Å². The van der Waals surface area contributed by atoms with Gasteiger partial charge in [-0.25, -0.2) is 0 Å². The van der Waals surface area contributed by atoms with E-state index in [9.17, 15) is 14.9 Å². The van der Waals surface area contributed by atoms with Crippen LogP contribution in [0.25, 0.3) is 0 Å². The molecule has 1 fully saturated rings. The highest BCUT2D eigenvalue weighted by Crippen LogP contribution is 2.33. The van der Waals surface area contributed by atoms with E-state index < -0.39 is 10.9 Å². The summed E-state index contributed by atoms with van der Waals surface area (Å²) < 4.78 is 0. The number of rotatable bonds is 4. The number of nitrogens with zero attached hydrogens (tertiary/aromatic N) is 1. The molecular formula is C13H16N2O4. The minimum Gasteiger partial charge on any atom is -0.481 e. The second-order valence-electron chi connectivity index (χ2n) is 4.92. The van der Waals surface area contributed by atoms with E-state index in [0.717, 1.165) is 6.42 Å². The number of nitro groups is 1. The quantitative estimate of drug-likeness (QED) is 0.644. The van der Waals surface area contributed by atoms with Gasteiger partial charge in [0.25, 0.3) is 5.69 Å². The highest BCUT2D eigenvalue weighted by molar-refractivity contribution is 5.71. The number of hydrogen-bond donors (Lipinski definition) is 2. The summed E-state index contributed by atoms with van der Waals surface area (Å²) in [6.45, 7) is 1.69. The molecule has 2 rings (SSSR count). The van der Waals surface area contributed by atoms with Crippen LogP contribution in [0.5, 0.6) is 0 Å². The number of aryl methyl sites for hydroxylation is 1. The van der Waals surface area contributed by atoms with Gasteiger partial charge in [0, 0.05) is 11.6 Å². The lowest BCUT2D eigenvalue weighted by atomic mass is 10.1. The second-order valence-corrected chi connectivity index (χ2v) is 4.92. The lowest BCUT2D eigenvalue weighted by Gasteiger charge is -2.14. The maximum absolute atomic E-state index is 11.1. The highest BCUT2D eigenvalue weighted by Gasteiger charge is 2.30. The average molecular weight is 264 g/mol. The molecule has 1 aromatic carbocycles. The van der Waals surface area contributed by atoms with Crippen LogP contribution in [0.2, 0.25) is 0 Å². The molecule has 0 unspecified atom stereocenters. The molecule has 0 radical (unpaired) electrons. The van der Waals surface area contributed by atoms with E-state index in [1.54, 1.807) is 25.1 Å². The first-order valence-electron chi connectivity index (χ1n) is 6.22. The Balaban J connectivity index is 2.14. The van der Waals surface area contributed by atoms with Crippen molar-refractivity contribution in [1.29, 1.82) is 0 Å². The first kappa shape index (κ1) is 13.3. The van der Waals surface area contributed by atoms with Crippen molar-refractivity contribution in [3.05, 3.63) is 33.9 Å². The number of para-hydroxylation sites is 1. The fourth-order valence-corrected chi connectivity index (χ4v) is 2.57. The van der Waals surface area contributed by atoms with Crippen molar-refractivity contribution in [3.63, 3.8) is 0 Å². The van der Waals surface area contributed by atoms with Crippen LogP contribution in [0.3, 0.4) is 0 Å². The molecule has 2 N–H and O–H groups in total. The van der Waals surface area contributed by atoms with Crippen LogP contribution in [-0.4, -0.2) is 22.0 Å². The number of carboxylic acids is 1. The number of nitrogens with one attached hydrogen (secondary N) is 1. The van der Waals surface area contributed by atoms with Crippen LogP contribution < -0.4 is 5.32 Å². The van der Waals surface area contributed by atoms with E-state index in [1.165, 1.54) is 0 Å². The maximum Gasteiger partial charge on any atom is 0.306 e. The number of benzene rings is 1. The number of carboxylic acid groups (broad SMARTS) is 1. The summed E-state index contributed by atoms with van der Waals surface area (Å²) in [5, 5.41) is 23.1. The number of hydrogen-bond acceptors (Lipinski definition) is 4. The Kier molecular flexibility index (Phi) is 3.69. The Morgan fingerprint density at radius 2 is 2.21 bits per heavy atom. The summed E-state index contributed by atoms with van der Waals surface area (Å²) >= 11 is 0. The third kappa shape index (κ3) is 2.83. The summed E-state index contributed by atoms with van der Waals surface area (Å²) in [4.78, 5) is 21.6. The van der Waals surface area contributed by atoms with Gasteiger partial charge in [0.1, 0.15) is 5.69 Å². The van der Waals surface area contributed by atoms with Crippen molar-refractivity contribution < 1.29 is 14.8 Å². The second kappa shape index (κ2) is 5.26. The largest absolute Gasteiger partial charge is 0.481 e. The van der Waals surface area contributed by atoms with Crippen LogP contribution >= 0.6 is 0 Å². The highest BCUT2D eigenvalue weighted by atomic mass is 16.6. The van der Waals surface area contributed by atoms with Gasteiger partial charge in [-0.2, -0.15) is 0 Å². The van der Waals surface area contributed by atoms with Gasteiger partial charge in [-0.05, 0) is 32.3 Å². The molecule has 1 aliphatic carbocycles. The van der Waals surface area contributed by atoms with Gasteiger partial charge < -0.3 is 10.4 Å². The Hall–Kier alpha value is -2.11. The van der Waals surface area contributed by atoms with E-state index in [4.69, 9.17) is 5.11 Å². The molecule has 6 nitrogen and oxygen atoms in total. The molecule has 0 spiro atoms. The normalized spacial score (nSPS) is 22.2. The third-order valence-electron chi connectivity index (χ3n) is 3.56. The predicted molar refractivity (Wildman–Crippen MR) is 70.2 cm³/mol. The molecular weight excluding hydrogens is 248 g/mol. The summed E-state index contributed by atoms with van der Waals surface area (Å²) in [5.41, 5.74) is 1.14. The molecule has 102 valence electrons. The van der Waals surface area contributed by atoms with E-state index >= 15 is 0 Å². The molecule has 1 aromatic rings. The van der Waals surface area contributed by atoms with Gasteiger partial charge in [-0.3, -0.25) is 14.9 Å². The van der Waals surface area contributed by atoms with Gasteiger partial charge >= 0.3 is 5.97 Å². The fourth-order valence-electron chi connectivity index (χ4n) is 2.57. The standard InChI is InChI=1S/C13H16N2O4/c1-8-3-2-4-11(12(8)15(18)19)14-10-6-5-9(7-10)13(16)17/h2-4,9-10,14H,5-7H2,1H3,(H,16,17)/t9-,10+/m1/s1. The molecule has 2 atom stereocenters. The molecule has 0 aliphatic heterocycles. The zero-order chi connectivity index (χ0) is 14.0. The van der Waals surface area contributed by atoms with Gasteiger partial charge in [0.05, 0.1) is 10.8 Å². The first-order chi connectivity index (χ1) is 8.99. The van der Waals surface area contributed by atoms with Gasteiger partial charge in [-0.15, -0.1) is 0 Å². The molecule has 0 amide bonds. The number of anilines is 1. The number of nitro benzene ring substituents is 1. The van der Waals surface area contributed by atoms with Crippen LogP contribution in [0.4, 0.5) is 11.4 Å². The smallest absolute Gasteiger partial charge is 0.306 e. The Labute approximate surface area is 110 Å². The molecule has 1 saturated carbocycles. The summed E-state index contributed by atoms with van der Waals surface area (Å²) in [6.07, 6.45) is 1.86. The number of aliphatic carboxylic acids is 1. The molecule has 19 heavy (non-hydrogen) atoms. The lowest BCUT2D eigenvalue weighted by Crippen LogP contribution is -2.18. The number of carbonyl (C=O) groups is 1. The van der Waals surface area contributed by atoms with Crippen LogP contribution in [0, 0.1) is 23.0 Å². The maximum atomic E-state index is 11.1. The summed E-state index contributed by atoms with van der Waals surface area (Å²) in [7, 11) is 0. The molecule has 0 bridgehead atoms. The minimum atomic E-state index is -0.789. The van der Waals surface area contributed by atoms with Crippen molar-refractivity contribution in [2.45, 2.75) is 32.2 Å². The average Bonchev–Trinajstić information content (AvgIpc) is 2.77. The first-order valence-corrected chi connectivity index (χ1v) is 6.22. The van der Waals surface area contributed by atoms with E-state index in [-0.39, 0.29) is 17.6 Å². The summed E-state index contributed by atoms with van der Waals surface area (Å²) in [6, 6.07) is 5.10. The zero-order valence-corrected chi connectivity index (χ0v) is 10.6. The zero-order valence-electron chi connectivity index (χ0n) is 10.6. The molecule has 6 heteroatoms. The van der Waals surface area contributed by atoms with Gasteiger partial charge in [0.15, 0.2) is 0 Å². The van der Waals surface area contributed by atoms with Crippen LogP contribution in [0.15, 0.2) is 18.2 Å². The summed E-state index contributed by atoms with van der Waals surface area (Å²) in [5.74, 6) is -1.13. The lowest BCUT2D eigenvalue weighted by molar-refractivity contribution is -0.384. The molecule has 1 aliphatic rings. The molecule has 0 aromatic heterocycles. The monoisotopic (exact) mass is 264 g/mol. The molecule has 0 saturated heterocycles. The van der Waals surface area contributed by atoms with E-state index in [1.807, 2.05) is 0 Å². The van der Waals surface area contributed by atoms with Crippen molar-refractivity contribution in [3.8, 4) is 0 Å². The Bertz CT molecular complexity index is 515. The predicted octanol–water partition coefficient (Wildman–Crippen LogP) is 2.57. The molecule has 0 heterocycles. The van der Waals surface area contributed by atoms with Crippen molar-refractivity contribution in [2.24, 2.45) is 5.92 Å². The van der Waals surface area contributed by atoms with E-state index in [0.29, 0.717) is 24.1 Å². The van der Waals surface area contributed by atoms with Gasteiger partial charge in [-0.1, -0.05) is 12.1 Å².